The van der Waals surface area contributed by atoms with Crippen molar-refractivity contribution < 1.29 is 10.2 Å². The van der Waals surface area contributed by atoms with Crippen LogP contribution in [0.2, 0.25) is 0 Å². The van der Waals surface area contributed by atoms with Crippen LogP contribution in [0.3, 0.4) is 0 Å². The van der Waals surface area contributed by atoms with Gasteiger partial charge in [0.1, 0.15) is 17.2 Å². The van der Waals surface area contributed by atoms with E-state index in [9.17, 15) is 10.2 Å². The zero-order valence-corrected chi connectivity index (χ0v) is 11.7. The molecule has 0 spiro atoms. The zero-order valence-electron chi connectivity index (χ0n) is 10.8. The lowest BCUT2D eigenvalue weighted by Gasteiger charge is -2.00. The van der Waals surface area contributed by atoms with Gasteiger partial charge in [-0.15, -0.1) is 17.5 Å². The summed E-state index contributed by atoms with van der Waals surface area (Å²) < 4.78 is 1.59. The fraction of sp³-hybridized carbons (Fsp3) is 0. The molecule has 0 atom stereocenters. The van der Waals surface area contributed by atoms with Crippen LogP contribution in [0.5, 0.6) is 11.5 Å². The number of anilines is 1. The molecule has 1 heterocycles. The second kappa shape index (κ2) is 5.72. The Bertz CT molecular complexity index is 736. The number of hydrogen-bond acceptors (Lipinski definition) is 5. The third-order valence-corrected chi connectivity index (χ3v) is 2.85. The van der Waals surface area contributed by atoms with Gasteiger partial charge in [0.2, 0.25) is 0 Å². The quantitative estimate of drug-likeness (QED) is 0.631. The van der Waals surface area contributed by atoms with Crippen LogP contribution in [0.4, 0.5) is 5.69 Å². The van der Waals surface area contributed by atoms with Crippen molar-refractivity contribution in [2.45, 2.75) is 0 Å². The molecule has 0 unspecified atom stereocenters. The maximum Gasteiger partial charge on any atom is 0.119 e. The van der Waals surface area contributed by atoms with Crippen molar-refractivity contribution in [2.24, 2.45) is 0 Å². The Hall–Kier alpha value is -2.73. The van der Waals surface area contributed by atoms with Crippen molar-refractivity contribution in [1.29, 1.82) is 0 Å². The standard InChI is InChI=1S/C14H12N4O2.ClH/c15-10-1-3-11(4-2-10)18-8-14(16-17-18)9-5-12(19)7-13(20)6-9;/h1-8,19-20H,15H2;1H. The fourth-order valence-electron chi connectivity index (χ4n) is 1.89. The number of rotatable bonds is 2. The summed E-state index contributed by atoms with van der Waals surface area (Å²) >= 11 is 0. The molecule has 0 aliphatic carbocycles. The maximum atomic E-state index is 9.48. The van der Waals surface area contributed by atoms with Crippen molar-refractivity contribution in [1.82, 2.24) is 15.0 Å². The van der Waals surface area contributed by atoms with Crippen LogP contribution < -0.4 is 5.73 Å². The zero-order chi connectivity index (χ0) is 14.1. The first-order chi connectivity index (χ1) is 9.61. The molecule has 3 aromatic rings. The molecular formula is C14H13ClN4O2. The minimum Gasteiger partial charge on any atom is -0.508 e. The minimum atomic E-state index is -0.0259. The fourth-order valence-corrected chi connectivity index (χ4v) is 1.89. The minimum absolute atomic E-state index is 0. The monoisotopic (exact) mass is 304 g/mol. The summed E-state index contributed by atoms with van der Waals surface area (Å²) in [6, 6.07) is 11.5. The smallest absolute Gasteiger partial charge is 0.119 e. The van der Waals surface area contributed by atoms with E-state index in [4.69, 9.17) is 5.73 Å². The number of nitrogen functional groups attached to an aromatic ring is 1. The van der Waals surface area contributed by atoms with Gasteiger partial charge in [0.25, 0.3) is 0 Å². The lowest BCUT2D eigenvalue weighted by Crippen LogP contribution is -1.95. The summed E-state index contributed by atoms with van der Waals surface area (Å²) in [5.41, 5.74) is 8.26. The normalized spacial score (nSPS) is 10.1. The van der Waals surface area contributed by atoms with Gasteiger partial charge in [0.05, 0.1) is 11.9 Å². The summed E-state index contributed by atoms with van der Waals surface area (Å²) in [6.07, 6.45) is 1.71. The van der Waals surface area contributed by atoms with Crippen LogP contribution in [-0.2, 0) is 0 Å². The predicted molar refractivity (Wildman–Crippen MR) is 81.8 cm³/mol. The Morgan fingerprint density at radius 1 is 0.952 bits per heavy atom. The number of halogens is 1. The molecule has 4 N–H and O–H groups in total. The van der Waals surface area contributed by atoms with E-state index in [-0.39, 0.29) is 23.9 Å². The molecule has 7 heteroatoms. The van der Waals surface area contributed by atoms with Gasteiger partial charge in [-0.25, -0.2) is 4.68 Å². The predicted octanol–water partition coefficient (Wildman–Crippen LogP) is 2.35. The van der Waals surface area contributed by atoms with Gasteiger partial charge < -0.3 is 15.9 Å². The largest absolute Gasteiger partial charge is 0.508 e. The van der Waals surface area contributed by atoms with Crippen molar-refractivity contribution >= 4 is 18.1 Å². The maximum absolute atomic E-state index is 9.48. The third-order valence-electron chi connectivity index (χ3n) is 2.85. The van der Waals surface area contributed by atoms with Crippen LogP contribution in [0.1, 0.15) is 0 Å². The number of nitrogens with two attached hydrogens (primary N) is 1. The first-order valence-electron chi connectivity index (χ1n) is 5.93. The van der Waals surface area contributed by atoms with E-state index >= 15 is 0 Å². The molecule has 1 aromatic heterocycles. The highest BCUT2D eigenvalue weighted by molar-refractivity contribution is 5.85. The van der Waals surface area contributed by atoms with Crippen molar-refractivity contribution in [2.75, 3.05) is 5.73 Å². The lowest BCUT2D eigenvalue weighted by molar-refractivity contribution is 0.451. The van der Waals surface area contributed by atoms with E-state index in [1.807, 2.05) is 12.1 Å². The first kappa shape index (κ1) is 14.7. The molecule has 0 saturated heterocycles. The Kier molecular flexibility index (Phi) is 4.00. The van der Waals surface area contributed by atoms with Crippen LogP contribution in [-0.4, -0.2) is 25.2 Å². The van der Waals surface area contributed by atoms with Crippen molar-refractivity contribution in [3.05, 3.63) is 48.7 Å². The van der Waals surface area contributed by atoms with Crippen molar-refractivity contribution in [3.8, 4) is 28.4 Å². The number of benzene rings is 2. The number of phenols is 2. The molecule has 0 aliphatic rings. The van der Waals surface area contributed by atoms with Gasteiger partial charge in [-0.2, -0.15) is 0 Å². The third kappa shape index (κ3) is 3.06. The SMILES string of the molecule is Cl.Nc1ccc(-n2cc(-c3cc(O)cc(O)c3)nn2)cc1. The van der Waals surface area contributed by atoms with Crippen LogP contribution in [0.25, 0.3) is 16.9 Å². The van der Waals surface area contributed by atoms with E-state index in [1.165, 1.54) is 18.2 Å². The topological polar surface area (TPSA) is 97.2 Å². The Balaban J connectivity index is 0.00000161. The molecular weight excluding hydrogens is 292 g/mol. The summed E-state index contributed by atoms with van der Waals surface area (Å²) in [4.78, 5) is 0. The van der Waals surface area contributed by atoms with Crippen LogP contribution in [0.15, 0.2) is 48.7 Å². The summed E-state index contributed by atoms with van der Waals surface area (Å²) in [5.74, 6) is -0.0518. The van der Waals surface area contributed by atoms with E-state index in [1.54, 1.807) is 23.0 Å². The van der Waals surface area contributed by atoms with Crippen LogP contribution >= 0.6 is 12.4 Å². The van der Waals surface area contributed by atoms with Gasteiger partial charge in [-0.1, -0.05) is 5.21 Å². The molecule has 0 amide bonds. The average molecular weight is 305 g/mol. The number of aromatic nitrogens is 3. The van der Waals surface area contributed by atoms with E-state index in [0.717, 1.165) is 5.69 Å². The highest BCUT2D eigenvalue weighted by Gasteiger charge is 2.07. The van der Waals surface area contributed by atoms with Gasteiger partial charge in [-0.05, 0) is 36.4 Å². The van der Waals surface area contributed by atoms with Gasteiger partial charge in [0, 0.05) is 17.3 Å². The Morgan fingerprint density at radius 2 is 1.57 bits per heavy atom. The molecule has 108 valence electrons. The Morgan fingerprint density at radius 3 is 2.19 bits per heavy atom. The van der Waals surface area contributed by atoms with Gasteiger partial charge >= 0.3 is 0 Å². The molecule has 6 nitrogen and oxygen atoms in total. The van der Waals surface area contributed by atoms with Crippen molar-refractivity contribution in [3.63, 3.8) is 0 Å². The van der Waals surface area contributed by atoms with E-state index < -0.39 is 0 Å². The molecule has 0 aliphatic heterocycles. The van der Waals surface area contributed by atoms with Gasteiger partial charge in [-0.3, -0.25) is 0 Å². The second-order valence-corrected chi connectivity index (χ2v) is 4.38. The lowest BCUT2D eigenvalue weighted by atomic mass is 10.1. The molecule has 21 heavy (non-hydrogen) atoms. The second-order valence-electron chi connectivity index (χ2n) is 4.38. The number of hydrogen-bond donors (Lipinski definition) is 3. The highest BCUT2D eigenvalue weighted by atomic mass is 35.5. The molecule has 0 radical (unpaired) electrons. The molecule has 3 rings (SSSR count). The first-order valence-corrected chi connectivity index (χ1v) is 5.93. The summed E-state index contributed by atoms with van der Waals surface area (Å²) in [5, 5.41) is 27.0. The summed E-state index contributed by atoms with van der Waals surface area (Å²) in [6.45, 7) is 0. The highest BCUT2D eigenvalue weighted by Crippen LogP contribution is 2.27. The number of phenolic OH excluding ortho intramolecular Hbond substituents is 2. The Labute approximate surface area is 126 Å². The molecule has 2 aromatic carbocycles. The summed E-state index contributed by atoms with van der Waals surface area (Å²) in [7, 11) is 0. The molecule has 0 saturated carbocycles. The van der Waals surface area contributed by atoms with E-state index in [2.05, 4.69) is 10.3 Å². The van der Waals surface area contributed by atoms with Gasteiger partial charge in [0.15, 0.2) is 0 Å². The number of aromatic hydroxyl groups is 2. The number of nitrogens with zero attached hydrogens (tertiary/aromatic N) is 3. The van der Waals surface area contributed by atoms with Crippen LogP contribution in [0, 0.1) is 0 Å². The average Bonchev–Trinajstić information content (AvgIpc) is 2.88. The molecule has 0 fully saturated rings. The van der Waals surface area contributed by atoms with E-state index in [0.29, 0.717) is 16.9 Å². The molecule has 0 bridgehead atoms.